The van der Waals surface area contributed by atoms with Crippen molar-refractivity contribution in [2.75, 3.05) is 10.6 Å². The number of halogens is 3. The van der Waals surface area contributed by atoms with E-state index in [0.29, 0.717) is 28.1 Å². The van der Waals surface area contributed by atoms with Gasteiger partial charge in [0.2, 0.25) is 5.91 Å². The van der Waals surface area contributed by atoms with Crippen molar-refractivity contribution >= 4 is 23.3 Å². The molecule has 0 fully saturated rings. The zero-order valence-electron chi connectivity index (χ0n) is 21.5. The maximum atomic E-state index is 13.1. The molecule has 4 aromatic rings. The highest BCUT2D eigenvalue weighted by Gasteiger charge is 2.31. The molecule has 0 aliphatic heterocycles. The Hall–Kier alpha value is -4.94. The molecule has 0 saturated carbocycles. The molecule has 0 unspecified atom stereocenters. The predicted octanol–water partition coefficient (Wildman–Crippen LogP) is 4.68. The zero-order chi connectivity index (χ0) is 29.2. The van der Waals surface area contributed by atoms with Gasteiger partial charge in [-0.25, -0.2) is 0 Å². The molecule has 2 amide bonds. The summed E-state index contributed by atoms with van der Waals surface area (Å²) in [4.78, 5) is 37.5. The summed E-state index contributed by atoms with van der Waals surface area (Å²) in [7, 11) is 0. The lowest BCUT2D eigenvalue weighted by Crippen LogP contribution is -2.25. The average molecular weight is 556 g/mol. The van der Waals surface area contributed by atoms with Crippen molar-refractivity contribution in [1.29, 1.82) is 0 Å². The molecular formula is C27H24F3N5O5. The standard InChI is InChI=1S/C27H24F3N5O5/c1-26(2,3)20-14-21(34-40-20)32-22(37)11-15-7-9-17(10-8-15)31-25(39)24-19(36)13-23(38)35(33-24)18-6-4-5-16(12-18)27(28,29)30/h4-10,12-14,36H,11H2,1-3H3,(H,31,39)(H,32,34,37). The number of anilines is 2. The fourth-order valence-electron chi connectivity index (χ4n) is 3.56. The molecule has 0 aliphatic rings. The Morgan fingerprint density at radius 2 is 1.70 bits per heavy atom. The Kier molecular flexibility index (Phi) is 7.49. The van der Waals surface area contributed by atoms with Crippen LogP contribution in [0.25, 0.3) is 5.69 Å². The molecule has 10 nitrogen and oxygen atoms in total. The molecule has 40 heavy (non-hydrogen) atoms. The van der Waals surface area contributed by atoms with Crippen LogP contribution in [0.2, 0.25) is 0 Å². The molecule has 0 saturated heterocycles. The molecule has 0 bridgehead atoms. The molecule has 13 heteroatoms. The molecule has 0 aliphatic carbocycles. The maximum Gasteiger partial charge on any atom is 0.416 e. The summed E-state index contributed by atoms with van der Waals surface area (Å²) in [6.45, 7) is 5.84. The third kappa shape index (κ3) is 6.54. The molecule has 2 aromatic heterocycles. The Balaban J connectivity index is 1.45. The van der Waals surface area contributed by atoms with Crippen molar-refractivity contribution in [2.24, 2.45) is 0 Å². The van der Waals surface area contributed by atoms with E-state index >= 15 is 0 Å². The van der Waals surface area contributed by atoms with Crippen LogP contribution in [0.15, 0.2) is 70.0 Å². The SMILES string of the molecule is CC(C)(C)c1cc(NC(=O)Cc2ccc(NC(=O)c3nn(-c4cccc(C(F)(F)F)c4)c(=O)cc3O)cc2)no1. The van der Waals surface area contributed by atoms with Gasteiger partial charge in [-0.2, -0.15) is 23.0 Å². The van der Waals surface area contributed by atoms with Gasteiger partial charge in [0.25, 0.3) is 11.5 Å². The number of hydrogen-bond donors (Lipinski definition) is 3. The van der Waals surface area contributed by atoms with Gasteiger partial charge in [-0.15, -0.1) is 0 Å². The second kappa shape index (κ2) is 10.7. The van der Waals surface area contributed by atoms with Gasteiger partial charge in [-0.05, 0) is 35.9 Å². The summed E-state index contributed by atoms with van der Waals surface area (Å²) < 4.78 is 45.1. The minimum Gasteiger partial charge on any atom is -0.505 e. The van der Waals surface area contributed by atoms with Crippen LogP contribution in [0.4, 0.5) is 24.7 Å². The lowest BCUT2D eigenvalue weighted by Gasteiger charge is -2.12. The minimum atomic E-state index is -4.66. The number of nitrogens with zero attached hydrogens (tertiary/aromatic N) is 3. The van der Waals surface area contributed by atoms with Crippen molar-refractivity contribution in [2.45, 2.75) is 38.8 Å². The molecule has 3 N–H and O–H groups in total. The first kappa shape index (κ1) is 28.1. The summed E-state index contributed by atoms with van der Waals surface area (Å²) >= 11 is 0. The normalized spacial score (nSPS) is 11.8. The van der Waals surface area contributed by atoms with Crippen molar-refractivity contribution < 1.29 is 32.4 Å². The zero-order valence-corrected chi connectivity index (χ0v) is 21.5. The molecule has 2 aromatic carbocycles. The number of amides is 2. The molecule has 208 valence electrons. The Bertz CT molecular complexity index is 1620. The van der Waals surface area contributed by atoms with Crippen molar-refractivity contribution in [1.82, 2.24) is 14.9 Å². The number of carbonyl (C=O) groups excluding carboxylic acids is 2. The highest BCUT2D eigenvalue weighted by atomic mass is 19.4. The van der Waals surface area contributed by atoms with Crippen LogP contribution in [0.3, 0.4) is 0 Å². The summed E-state index contributed by atoms with van der Waals surface area (Å²) in [5, 5.41) is 22.9. The Labute approximate surface area is 225 Å². The van der Waals surface area contributed by atoms with Crippen LogP contribution in [0, 0.1) is 0 Å². The number of carbonyl (C=O) groups is 2. The topological polar surface area (TPSA) is 139 Å². The third-order valence-corrected chi connectivity index (χ3v) is 5.64. The second-order valence-corrected chi connectivity index (χ2v) is 9.88. The van der Waals surface area contributed by atoms with Gasteiger partial charge in [-0.1, -0.05) is 44.1 Å². The van der Waals surface area contributed by atoms with Gasteiger partial charge < -0.3 is 20.3 Å². The quantitative estimate of drug-likeness (QED) is 0.314. The minimum absolute atomic E-state index is 0.0102. The molecule has 4 rings (SSSR count). The van der Waals surface area contributed by atoms with Gasteiger partial charge >= 0.3 is 6.18 Å². The van der Waals surface area contributed by atoms with Crippen LogP contribution in [-0.4, -0.2) is 31.9 Å². The van der Waals surface area contributed by atoms with Crippen molar-refractivity contribution in [3.8, 4) is 11.4 Å². The fraction of sp³-hybridized carbons (Fsp3) is 0.222. The van der Waals surface area contributed by atoms with E-state index in [0.717, 1.165) is 12.1 Å². The average Bonchev–Trinajstić information content (AvgIpc) is 3.34. The van der Waals surface area contributed by atoms with Gasteiger partial charge in [0.15, 0.2) is 17.3 Å². The van der Waals surface area contributed by atoms with Gasteiger partial charge in [0.1, 0.15) is 5.76 Å². The van der Waals surface area contributed by atoms with Crippen LogP contribution < -0.4 is 16.2 Å². The van der Waals surface area contributed by atoms with Gasteiger partial charge in [0.05, 0.1) is 17.7 Å². The van der Waals surface area contributed by atoms with E-state index in [9.17, 15) is 32.7 Å². The van der Waals surface area contributed by atoms with Crippen molar-refractivity contribution in [3.63, 3.8) is 0 Å². The number of benzene rings is 2. The smallest absolute Gasteiger partial charge is 0.416 e. The number of nitrogens with one attached hydrogen (secondary N) is 2. The van der Waals surface area contributed by atoms with Gasteiger partial charge in [-0.3, -0.25) is 14.4 Å². The first-order valence-electron chi connectivity index (χ1n) is 11.9. The lowest BCUT2D eigenvalue weighted by molar-refractivity contribution is -0.137. The van der Waals surface area contributed by atoms with Crippen LogP contribution in [-0.2, 0) is 22.8 Å². The van der Waals surface area contributed by atoms with Crippen molar-refractivity contribution in [3.05, 3.63) is 93.6 Å². The number of aromatic hydroxyl groups is 1. The first-order chi connectivity index (χ1) is 18.7. The molecule has 2 heterocycles. The van der Waals surface area contributed by atoms with Crippen LogP contribution >= 0.6 is 0 Å². The molecule has 0 radical (unpaired) electrons. The molecule has 0 spiro atoms. The molecular weight excluding hydrogens is 531 g/mol. The van der Waals surface area contributed by atoms with E-state index in [-0.39, 0.29) is 34.9 Å². The predicted molar refractivity (Wildman–Crippen MR) is 138 cm³/mol. The summed E-state index contributed by atoms with van der Waals surface area (Å²) in [6.07, 6.45) is -4.65. The Morgan fingerprint density at radius 3 is 2.33 bits per heavy atom. The summed E-state index contributed by atoms with van der Waals surface area (Å²) in [6, 6.07) is 12.4. The van der Waals surface area contributed by atoms with E-state index in [4.69, 9.17) is 4.52 Å². The highest BCUT2D eigenvalue weighted by Crippen LogP contribution is 2.30. The van der Waals surface area contributed by atoms with E-state index in [1.54, 1.807) is 18.2 Å². The van der Waals surface area contributed by atoms with Crippen LogP contribution in [0.1, 0.15) is 48.1 Å². The van der Waals surface area contributed by atoms with E-state index in [2.05, 4.69) is 20.9 Å². The van der Waals surface area contributed by atoms with E-state index < -0.39 is 34.6 Å². The fourth-order valence-corrected chi connectivity index (χ4v) is 3.56. The number of rotatable bonds is 6. The Morgan fingerprint density at radius 1 is 1.00 bits per heavy atom. The third-order valence-electron chi connectivity index (χ3n) is 5.64. The number of alkyl halides is 3. The highest BCUT2D eigenvalue weighted by molar-refractivity contribution is 6.04. The monoisotopic (exact) mass is 555 g/mol. The summed E-state index contributed by atoms with van der Waals surface area (Å²) in [5.74, 6) is -1.09. The van der Waals surface area contributed by atoms with Gasteiger partial charge in [0, 0.05) is 23.2 Å². The van der Waals surface area contributed by atoms with Crippen LogP contribution in [0.5, 0.6) is 5.75 Å². The lowest BCUT2D eigenvalue weighted by atomic mass is 9.93. The van der Waals surface area contributed by atoms with E-state index in [1.165, 1.54) is 18.2 Å². The second-order valence-electron chi connectivity index (χ2n) is 9.88. The maximum absolute atomic E-state index is 13.1. The number of aromatic nitrogens is 3. The largest absolute Gasteiger partial charge is 0.505 e. The molecule has 0 atom stereocenters. The first-order valence-corrected chi connectivity index (χ1v) is 11.9. The summed E-state index contributed by atoms with van der Waals surface area (Å²) in [5.41, 5.74) is -2.14. The van der Waals surface area contributed by atoms with E-state index in [1.807, 2.05) is 20.8 Å². The number of hydrogen-bond acceptors (Lipinski definition) is 7.